The predicted octanol–water partition coefficient (Wildman–Crippen LogP) is -0.0387. The van der Waals surface area contributed by atoms with Crippen LogP contribution in [0.25, 0.3) is 11.4 Å². The standard InChI is InChI=1S/C9H9N4O3P/c14-17(15,16)7-13-5-2-8(6-12-13)9-10-3-1-4-11-9/h1-6H,7H2,(H-,14,15,16)/p+1. The first-order valence-corrected chi connectivity index (χ1v) is 6.52. The summed E-state index contributed by atoms with van der Waals surface area (Å²) in [4.78, 5) is 25.6. The van der Waals surface area contributed by atoms with Crippen LogP contribution in [-0.4, -0.2) is 24.9 Å². The van der Waals surface area contributed by atoms with E-state index < -0.39 is 13.9 Å². The first-order valence-electron chi connectivity index (χ1n) is 4.72. The molecule has 0 bridgehead atoms. The lowest BCUT2D eigenvalue weighted by atomic mass is 10.3. The number of aromatic nitrogens is 4. The van der Waals surface area contributed by atoms with Gasteiger partial charge in [0.2, 0.25) is 0 Å². The summed E-state index contributed by atoms with van der Waals surface area (Å²) in [5, 5.41) is 3.88. The van der Waals surface area contributed by atoms with Crippen LogP contribution in [0.5, 0.6) is 0 Å². The highest BCUT2D eigenvalue weighted by Crippen LogP contribution is 2.33. The van der Waals surface area contributed by atoms with Gasteiger partial charge in [0.1, 0.15) is 6.20 Å². The van der Waals surface area contributed by atoms with Crippen LogP contribution in [0, 0.1) is 0 Å². The Balaban J connectivity index is 2.22. The quantitative estimate of drug-likeness (QED) is 0.588. The van der Waals surface area contributed by atoms with Gasteiger partial charge in [-0.25, -0.2) is 9.97 Å². The fourth-order valence-electron chi connectivity index (χ4n) is 1.24. The fourth-order valence-corrected chi connectivity index (χ4v) is 1.78. The number of hydrogen-bond acceptors (Lipinski definition) is 4. The van der Waals surface area contributed by atoms with Crippen molar-refractivity contribution in [1.82, 2.24) is 15.1 Å². The van der Waals surface area contributed by atoms with E-state index in [1.54, 1.807) is 24.5 Å². The lowest BCUT2D eigenvalue weighted by molar-refractivity contribution is -0.738. The summed E-state index contributed by atoms with van der Waals surface area (Å²) in [5.41, 5.74) is 0.688. The molecule has 0 fully saturated rings. The molecule has 0 unspecified atom stereocenters. The van der Waals surface area contributed by atoms with Crippen molar-refractivity contribution in [3.8, 4) is 11.4 Å². The smallest absolute Gasteiger partial charge is 0.320 e. The molecule has 0 aliphatic carbocycles. The zero-order valence-corrected chi connectivity index (χ0v) is 9.60. The molecule has 2 N–H and O–H groups in total. The second kappa shape index (κ2) is 4.67. The van der Waals surface area contributed by atoms with Gasteiger partial charge in [-0.15, -0.1) is 0 Å². The molecule has 0 aliphatic heterocycles. The molecule has 2 aromatic rings. The van der Waals surface area contributed by atoms with Crippen LogP contribution in [0.15, 0.2) is 36.9 Å². The van der Waals surface area contributed by atoms with Gasteiger partial charge >= 0.3 is 7.60 Å². The minimum atomic E-state index is -4.11. The molecule has 17 heavy (non-hydrogen) atoms. The fraction of sp³-hybridized carbons (Fsp3) is 0.111. The van der Waals surface area contributed by atoms with E-state index in [9.17, 15) is 4.57 Å². The Bertz CT molecular complexity index is 540. The van der Waals surface area contributed by atoms with Gasteiger partial charge in [-0.2, -0.15) is 0 Å². The van der Waals surface area contributed by atoms with E-state index in [4.69, 9.17) is 9.79 Å². The maximum absolute atomic E-state index is 10.8. The van der Waals surface area contributed by atoms with Crippen LogP contribution in [0.3, 0.4) is 0 Å². The zero-order chi connectivity index (χ0) is 12.3. The third-order valence-electron chi connectivity index (χ3n) is 1.92. The predicted molar refractivity (Wildman–Crippen MR) is 57.5 cm³/mol. The van der Waals surface area contributed by atoms with Gasteiger partial charge in [0, 0.05) is 24.0 Å². The number of rotatable bonds is 3. The summed E-state index contributed by atoms with van der Waals surface area (Å²) in [6.07, 6.45) is 5.72. The van der Waals surface area contributed by atoms with Gasteiger partial charge < -0.3 is 9.79 Å². The van der Waals surface area contributed by atoms with Gasteiger partial charge in [-0.1, -0.05) is 4.68 Å². The lowest BCUT2D eigenvalue weighted by Crippen LogP contribution is -2.37. The Labute approximate surface area is 97.0 Å². The first-order chi connectivity index (χ1) is 8.04. The van der Waals surface area contributed by atoms with Gasteiger partial charge in [-0.05, 0) is 11.2 Å². The molecule has 2 rings (SSSR count). The molecule has 88 valence electrons. The minimum absolute atomic E-state index is 0.442. The number of hydrogen-bond donors (Lipinski definition) is 2. The van der Waals surface area contributed by atoms with Gasteiger partial charge in [0.15, 0.2) is 12.0 Å². The van der Waals surface area contributed by atoms with Crippen LogP contribution in [-0.2, 0) is 10.9 Å². The SMILES string of the molecule is O=P(O)(O)C[n+]1ccc(-c2ncccn2)cn1. The Morgan fingerprint density at radius 3 is 2.53 bits per heavy atom. The van der Waals surface area contributed by atoms with Crippen LogP contribution in [0.4, 0.5) is 0 Å². The second-order valence-corrected chi connectivity index (χ2v) is 4.95. The molecule has 0 saturated carbocycles. The highest BCUT2D eigenvalue weighted by molar-refractivity contribution is 7.50. The van der Waals surface area contributed by atoms with Crippen LogP contribution in [0.2, 0.25) is 0 Å². The van der Waals surface area contributed by atoms with Crippen LogP contribution >= 0.6 is 7.60 Å². The zero-order valence-electron chi connectivity index (χ0n) is 8.71. The molecule has 2 heterocycles. The van der Waals surface area contributed by atoms with E-state index in [1.165, 1.54) is 17.1 Å². The second-order valence-electron chi connectivity index (χ2n) is 3.33. The Morgan fingerprint density at radius 2 is 2.00 bits per heavy atom. The van der Waals surface area contributed by atoms with Crippen molar-refractivity contribution in [3.63, 3.8) is 0 Å². The van der Waals surface area contributed by atoms with E-state index in [0.717, 1.165) is 0 Å². The van der Waals surface area contributed by atoms with Crippen molar-refractivity contribution in [2.75, 3.05) is 0 Å². The third-order valence-corrected chi connectivity index (χ3v) is 2.58. The summed E-state index contributed by atoms with van der Waals surface area (Å²) >= 11 is 0. The van der Waals surface area contributed by atoms with Crippen molar-refractivity contribution in [2.24, 2.45) is 0 Å². The van der Waals surface area contributed by atoms with E-state index in [2.05, 4.69) is 15.1 Å². The Morgan fingerprint density at radius 1 is 1.29 bits per heavy atom. The highest BCUT2D eigenvalue weighted by atomic mass is 31.2. The molecular formula is C9H10N4O3P+. The molecule has 0 saturated heterocycles. The maximum Gasteiger partial charge on any atom is 0.392 e. The van der Waals surface area contributed by atoms with Gasteiger partial charge in [0.05, 0.1) is 0 Å². The molecule has 7 nitrogen and oxygen atoms in total. The third kappa shape index (κ3) is 3.39. The number of nitrogens with zero attached hydrogens (tertiary/aromatic N) is 4. The van der Waals surface area contributed by atoms with Crippen molar-refractivity contribution in [2.45, 2.75) is 6.29 Å². The average Bonchev–Trinajstić information content (AvgIpc) is 2.29. The summed E-state index contributed by atoms with van der Waals surface area (Å²) in [6.45, 7) is 0. The molecule has 8 heteroatoms. The van der Waals surface area contributed by atoms with Crippen molar-refractivity contribution in [1.29, 1.82) is 0 Å². The lowest BCUT2D eigenvalue weighted by Gasteiger charge is -1.99. The van der Waals surface area contributed by atoms with Gasteiger partial charge in [-0.3, -0.25) is 4.57 Å². The molecule has 0 aromatic carbocycles. The summed E-state index contributed by atoms with van der Waals surface area (Å²) in [5.74, 6) is 0.517. The molecule has 2 aromatic heterocycles. The van der Waals surface area contributed by atoms with Crippen LogP contribution in [0.1, 0.15) is 0 Å². The van der Waals surface area contributed by atoms with Crippen molar-refractivity contribution < 1.29 is 19.0 Å². The molecule has 0 radical (unpaired) electrons. The van der Waals surface area contributed by atoms with E-state index >= 15 is 0 Å². The molecule has 0 spiro atoms. The van der Waals surface area contributed by atoms with Crippen molar-refractivity contribution in [3.05, 3.63) is 36.9 Å². The normalized spacial score (nSPS) is 11.4. The Hall–Kier alpha value is -1.69. The van der Waals surface area contributed by atoms with E-state index in [1.807, 2.05) is 0 Å². The first kappa shape index (κ1) is 11.8. The summed E-state index contributed by atoms with van der Waals surface area (Å²) in [7, 11) is -4.11. The molecule has 0 atom stereocenters. The molecule has 0 amide bonds. The van der Waals surface area contributed by atoms with Crippen molar-refractivity contribution >= 4 is 7.60 Å². The Kier molecular flexibility index (Phi) is 3.23. The van der Waals surface area contributed by atoms with E-state index in [-0.39, 0.29) is 0 Å². The minimum Gasteiger partial charge on any atom is -0.320 e. The summed E-state index contributed by atoms with van der Waals surface area (Å²) in [6, 6.07) is 3.35. The molecular weight excluding hydrogens is 243 g/mol. The monoisotopic (exact) mass is 253 g/mol. The maximum atomic E-state index is 10.8. The largest absolute Gasteiger partial charge is 0.392 e. The topological polar surface area (TPSA) is 100 Å². The summed E-state index contributed by atoms with van der Waals surface area (Å²) < 4.78 is 11.9. The molecule has 0 aliphatic rings. The van der Waals surface area contributed by atoms with Crippen LogP contribution < -0.4 is 4.68 Å². The highest BCUT2D eigenvalue weighted by Gasteiger charge is 2.21. The average molecular weight is 253 g/mol. The van der Waals surface area contributed by atoms with E-state index in [0.29, 0.717) is 11.4 Å². The van der Waals surface area contributed by atoms with Gasteiger partial charge in [0.25, 0.3) is 6.29 Å².